The van der Waals surface area contributed by atoms with Crippen molar-refractivity contribution in [2.24, 2.45) is 0 Å². The molecule has 0 aliphatic carbocycles. The van der Waals surface area contributed by atoms with E-state index in [-0.39, 0.29) is 5.78 Å². The van der Waals surface area contributed by atoms with Gasteiger partial charge >= 0.3 is 0 Å². The molecule has 1 unspecified atom stereocenters. The van der Waals surface area contributed by atoms with Gasteiger partial charge in [0.05, 0.1) is 11.8 Å². The number of ketones is 1. The highest BCUT2D eigenvalue weighted by Crippen LogP contribution is 2.12. The zero-order valence-corrected chi connectivity index (χ0v) is 9.78. The summed E-state index contributed by atoms with van der Waals surface area (Å²) in [4.78, 5) is 11.9. The maximum absolute atomic E-state index is 11.9. The summed E-state index contributed by atoms with van der Waals surface area (Å²) in [6.45, 7) is 4.04. The molecule has 4 heteroatoms. The minimum absolute atomic E-state index is 0.210. The number of carbonyl (C=O) groups is 1. The third-order valence-electron chi connectivity index (χ3n) is 3.00. The monoisotopic (exact) mass is 221 g/mol. The molecule has 0 spiro atoms. The minimum atomic E-state index is 0.210. The number of nitrogens with one attached hydrogen (secondary N) is 1. The fourth-order valence-electron chi connectivity index (χ4n) is 2.13. The summed E-state index contributed by atoms with van der Waals surface area (Å²) in [5, 5.41) is 7.52. The Labute approximate surface area is 96.0 Å². The first-order valence-corrected chi connectivity index (χ1v) is 6.08. The summed E-state index contributed by atoms with van der Waals surface area (Å²) in [6.07, 6.45) is 7.51. The van der Waals surface area contributed by atoms with E-state index in [1.54, 1.807) is 6.20 Å². The number of Topliss-reactive ketones (excluding diaryl/α,β-unsaturated/α-hetero) is 1. The van der Waals surface area contributed by atoms with E-state index in [1.165, 1.54) is 6.42 Å². The largest absolute Gasteiger partial charge is 0.314 e. The standard InChI is InChI=1S/C12H19N3O/c1-2-6-15-9-10(8-14-15)12(16)7-11-4-3-5-13-11/h8-9,11,13H,2-7H2,1H3. The number of hydrogen-bond donors (Lipinski definition) is 1. The topological polar surface area (TPSA) is 46.9 Å². The van der Waals surface area contributed by atoms with E-state index in [1.807, 2.05) is 10.9 Å². The normalized spacial score (nSPS) is 20.2. The van der Waals surface area contributed by atoms with Crippen LogP contribution in [0.2, 0.25) is 0 Å². The summed E-state index contributed by atoms with van der Waals surface area (Å²) in [5.74, 6) is 0.210. The van der Waals surface area contributed by atoms with Crippen LogP contribution in [0.1, 0.15) is 43.0 Å². The molecule has 0 radical (unpaired) electrons. The van der Waals surface area contributed by atoms with Gasteiger partial charge in [-0.1, -0.05) is 6.92 Å². The molecular weight excluding hydrogens is 202 g/mol. The van der Waals surface area contributed by atoms with Gasteiger partial charge in [-0.15, -0.1) is 0 Å². The number of nitrogens with zero attached hydrogens (tertiary/aromatic N) is 2. The van der Waals surface area contributed by atoms with E-state index < -0.39 is 0 Å². The van der Waals surface area contributed by atoms with Crippen LogP contribution in [0.3, 0.4) is 0 Å². The number of rotatable bonds is 5. The van der Waals surface area contributed by atoms with Crippen LogP contribution < -0.4 is 5.32 Å². The molecule has 0 aromatic carbocycles. The lowest BCUT2D eigenvalue weighted by atomic mass is 10.1. The van der Waals surface area contributed by atoms with E-state index in [9.17, 15) is 4.79 Å². The Morgan fingerprint density at radius 2 is 2.56 bits per heavy atom. The van der Waals surface area contributed by atoms with Gasteiger partial charge in [0.15, 0.2) is 5.78 Å². The van der Waals surface area contributed by atoms with Crippen molar-refractivity contribution in [3.63, 3.8) is 0 Å². The van der Waals surface area contributed by atoms with E-state index >= 15 is 0 Å². The van der Waals surface area contributed by atoms with Gasteiger partial charge in [0.1, 0.15) is 0 Å². The molecule has 16 heavy (non-hydrogen) atoms. The highest BCUT2D eigenvalue weighted by Gasteiger charge is 2.19. The number of hydrogen-bond acceptors (Lipinski definition) is 3. The number of aryl methyl sites for hydroxylation is 1. The maximum Gasteiger partial charge on any atom is 0.167 e. The Kier molecular flexibility index (Phi) is 3.72. The van der Waals surface area contributed by atoms with E-state index in [4.69, 9.17) is 0 Å². The molecule has 88 valence electrons. The summed E-state index contributed by atoms with van der Waals surface area (Å²) in [6, 6.07) is 0.377. The van der Waals surface area contributed by atoms with E-state index in [0.717, 1.165) is 31.5 Å². The van der Waals surface area contributed by atoms with Gasteiger partial charge in [-0.25, -0.2) is 0 Å². The van der Waals surface area contributed by atoms with Crippen LogP contribution in [0.25, 0.3) is 0 Å². The molecule has 2 heterocycles. The Hall–Kier alpha value is -1.16. The first-order chi connectivity index (χ1) is 7.79. The van der Waals surface area contributed by atoms with Crippen molar-refractivity contribution in [3.8, 4) is 0 Å². The van der Waals surface area contributed by atoms with Crippen molar-refractivity contribution in [1.29, 1.82) is 0 Å². The number of aromatic nitrogens is 2. The van der Waals surface area contributed by atoms with Crippen LogP contribution in [0.4, 0.5) is 0 Å². The first kappa shape index (κ1) is 11.3. The molecule has 1 fully saturated rings. The molecule has 1 aliphatic rings. The van der Waals surface area contributed by atoms with Crippen LogP contribution in [0, 0.1) is 0 Å². The highest BCUT2D eigenvalue weighted by molar-refractivity contribution is 5.96. The first-order valence-electron chi connectivity index (χ1n) is 6.08. The third kappa shape index (κ3) is 2.70. The van der Waals surface area contributed by atoms with Crippen molar-refractivity contribution in [3.05, 3.63) is 18.0 Å². The molecule has 1 N–H and O–H groups in total. The molecule has 1 aromatic heterocycles. The molecule has 0 bridgehead atoms. The average Bonchev–Trinajstić information content (AvgIpc) is 2.89. The average molecular weight is 221 g/mol. The predicted octanol–water partition coefficient (Wildman–Crippen LogP) is 1.62. The molecule has 4 nitrogen and oxygen atoms in total. The Morgan fingerprint density at radius 1 is 1.69 bits per heavy atom. The Bertz CT molecular complexity index is 353. The van der Waals surface area contributed by atoms with E-state index in [0.29, 0.717) is 12.5 Å². The second-order valence-electron chi connectivity index (χ2n) is 4.41. The fourth-order valence-corrected chi connectivity index (χ4v) is 2.13. The van der Waals surface area contributed by atoms with Gasteiger partial charge in [0, 0.05) is 25.2 Å². The summed E-state index contributed by atoms with van der Waals surface area (Å²) < 4.78 is 1.84. The zero-order chi connectivity index (χ0) is 11.4. The quantitative estimate of drug-likeness (QED) is 0.768. The molecule has 0 amide bonds. The third-order valence-corrected chi connectivity index (χ3v) is 3.00. The minimum Gasteiger partial charge on any atom is -0.314 e. The van der Waals surface area contributed by atoms with Crippen molar-refractivity contribution in [2.75, 3.05) is 6.54 Å². The summed E-state index contributed by atoms with van der Waals surface area (Å²) >= 11 is 0. The van der Waals surface area contributed by atoms with E-state index in [2.05, 4.69) is 17.3 Å². The fraction of sp³-hybridized carbons (Fsp3) is 0.667. The SMILES string of the molecule is CCCn1cc(C(=O)CC2CCCN2)cn1. The lowest BCUT2D eigenvalue weighted by Gasteiger charge is -2.07. The second-order valence-corrected chi connectivity index (χ2v) is 4.41. The van der Waals surface area contributed by atoms with Crippen LogP contribution in [0.5, 0.6) is 0 Å². The van der Waals surface area contributed by atoms with Crippen molar-refractivity contribution in [2.45, 2.75) is 45.2 Å². The van der Waals surface area contributed by atoms with Crippen molar-refractivity contribution >= 4 is 5.78 Å². The summed E-state index contributed by atoms with van der Waals surface area (Å²) in [7, 11) is 0. The Balaban J connectivity index is 1.91. The van der Waals surface area contributed by atoms with Gasteiger partial charge in [0.2, 0.25) is 0 Å². The molecule has 1 aromatic rings. The lowest BCUT2D eigenvalue weighted by molar-refractivity contribution is 0.0971. The smallest absolute Gasteiger partial charge is 0.167 e. The maximum atomic E-state index is 11.9. The lowest BCUT2D eigenvalue weighted by Crippen LogP contribution is -2.24. The molecular formula is C12H19N3O. The van der Waals surface area contributed by atoms with Crippen LogP contribution in [-0.4, -0.2) is 28.2 Å². The van der Waals surface area contributed by atoms with Gasteiger partial charge in [-0.2, -0.15) is 5.10 Å². The van der Waals surface area contributed by atoms with Gasteiger partial charge in [-0.05, 0) is 25.8 Å². The molecule has 1 saturated heterocycles. The second kappa shape index (κ2) is 5.25. The molecule has 1 atom stereocenters. The Morgan fingerprint density at radius 3 is 3.25 bits per heavy atom. The molecule has 1 aliphatic heterocycles. The van der Waals surface area contributed by atoms with Crippen LogP contribution in [0.15, 0.2) is 12.4 Å². The molecule has 0 saturated carbocycles. The van der Waals surface area contributed by atoms with Gasteiger partial charge < -0.3 is 5.32 Å². The van der Waals surface area contributed by atoms with Crippen LogP contribution >= 0.6 is 0 Å². The van der Waals surface area contributed by atoms with Crippen molar-refractivity contribution in [1.82, 2.24) is 15.1 Å². The van der Waals surface area contributed by atoms with Gasteiger partial charge in [-0.3, -0.25) is 9.48 Å². The van der Waals surface area contributed by atoms with Crippen molar-refractivity contribution < 1.29 is 4.79 Å². The number of carbonyl (C=O) groups excluding carboxylic acids is 1. The zero-order valence-electron chi connectivity index (χ0n) is 9.78. The van der Waals surface area contributed by atoms with Gasteiger partial charge in [0.25, 0.3) is 0 Å². The predicted molar refractivity (Wildman–Crippen MR) is 62.5 cm³/mol. The highest BCUT2D eigenvalue weighted by atomic mass is 16.1. The van der Waals surface area contributed by atoms with Crippen LogP contribution in [-0.2, 0) is 6.54 Å². The summed E-state index contributed by atoms with van der Waals surface area (Å²) in [5.41, 5.74) is 0.752. The molecule has 2 rings (SSSR count).